The van der Waals surface area contributed by atoms with Crippen LogP contribution in [0.15, 0.2) is 36.5 Å². The topological polar surface area (TPSA) is 115 Å². The maximum atomic E-state index is 12.9. The predicted molar refractivity (Wildman–Crippen MR) is 92.1 cm³/mol. The summed E-state index contributed by atoms with van der Waals surface area (Å²) in [7, 11) is 0. The first kappa shape index (κ1) is 18.9. The van der Waals surface area contributed by atoms with Gasteiger partial charge in [0.2, 0.25) is 0 Å². The number of aliphatic carboxylic acids is 1. The van der Waals surface area contributed by atoms with Crippen LogP contribution in [0.1, 0.15) is 27.9 Å². The Morgan fingerprint density at radius 3 is 2.62 bits per heavy atom. The minimum Gasteiger partial charge on any atom is -0.481 e. The van der Waals surface area contributed by atoms with E-state index in [2.05, 4.69) is 15.6 Å². The number of carboxylic acids is 1. The molecule has 7 nitrogen and oxygen atoms in total. The summed E-state index contributed by atoms with van der Waals surface area (Å²) in [4.78, 5) is 27.0. The Kier molecular flexibility index (Phi) is 6.62. The normalized spacial score (nSPS) is 10.0. The van der Waals surface area contributed by atoms with E-state index in [1.807, 2.05) is 6.07 Å². The number of nitrogens with zero attached hydrogens (tertiary/aromatic N) is 2. The summed E-state index contributed by atoms with van der Waals surface area (Å²) in [5.74, 6) is -1.52. The van der Waals surface area contributed by atoms with E-state index in [0.29, 0.717) is 13.0 Å². The lowest BCUT2D eigenvalue weighted by Gasteiger charge is -2.11. The van der Waals surface area contributed by atoms with Crippen LogP contribution in [-0.4, -0.2) is 35.1 Å². The second-order valence-electron chi connectivity index (χ2n) is 5.43. The van der Waals surface area contributed by atoms with E-state index in [1.54, 1.807) is 12.1 Å². The van der Waals surface area contributed by atoms with Crippen molar-refractivity contribution in [1.29, 1.82) is 5.26 Å². The minimum atomic E-state index is -0.976. The molecule has 134 valence electrons. The standard InChI is InChI=1S/C18H17FN4O3/c19-14-3-1-12(2-4-14)5-7-22-18(26)15-9-13(10-20)11-23-17(15)21-8-6-16(24)25/h1-4,9,11H,5-8H2,(H,21,23)(H,22,26)(H,24,25). The molecule has 0 saturated heterocycles. The van der Waals surface area contributed by atoms with Gasteiger partial charge in [-0.15, -0.1) is 0 Å². The Morgan fingerprint density at radius 2 is 1.96 bits per heavy atom. The van der Waals surface area contributed by atoms with E-state index < -0.39 is 11.9 Å². The Morgan fingerprint density at radius 1 is 1.23 bits per heavy atom. The number of amides is 1. The van der Waals surface area contributed by atoms with Gasteiger partial charge in [-0.1, -0.05) is 12.1 Å². The molecule has 2 rings (SSSR count). The first-order valence-corrected chi connectivity index (χ1v) is 7.88. The van der Waals surface area contributed by atoms with Crippen molar-refractivity contribution >= 4 is 17.7 Å². The lowest BCUT2D eigenvalue weighted by atomic mass is 10.1. The molecule has 0 radical (unpaired) electrons. The van der Waals surface area contributed by atoms with E-state index in [9.17, 15) is 14.0 Å². The van der Waals surface area contributed by atoms with E-state index in [4.69, 9.17) is 10.4 Å². The van der Waals surface area contributed by atoms with Crippen molar-refractivity contribution in [2.75, 3.05) is 18.4 Å². The van der Waals surface area contributed by atoms with E-state index in [-0.39, 0.29) is 35.7 Å². The summed E-state index contributed by atoms with van der Waals surface area (Å²) in [6, 6.07) is 9.28. The van der Waals surface area contributed by atoms with Crippen LogP contribution in [0.4, 0.5) is 10.2 Å². The summed E-state index contributed by atoms with van der Waals surface area (Å²) in [6.45, 7) is 0.417. The first-order chi connectivity index (χ1) is 12.5. The molecular weight excluding hydrogens is 339 g/mol. The molecule has 0 bridgehead atoms. The Labute approximate surface area is 149 Å². The van der Waals surface area contributed by atoms with Crippen LogP contribution in [-0.2, 0) is 11.2 Å². The number of halogens is 1. The largest absolute Gasteiger partial charge is 0.481 e. The average Bonchev–Trinajstić information content (AvgIpc) is 2.63. The zero-order chi connectivity index (χ0) is 18.9. The Hall–Kier alpha value is -3.47. The molecule has 8 heteroatoms. The fraction of sp³-hybridized carbons (Fsp3) is 0.222. The lowest BCUT2D eigenvalue weighted by Crippen LogP contribution is -2.27. The van der Waals surface area contributed by atoms with Crippen molar-refractivity contribution in [1.82, 2.24) is 10.3 Å². The fourth-order valence-corrected chi connectivity index (χ4v) is 2.19. The molecule has 0 spiro atoms. The zero-order valence-electron chi connectivity index (χ0n) is 13.8. The number of aromatic nitrogens is 1. The van der Waals surface area contributed by atoms with Gasteiger partial charge >= 0.3 is 5.97 Å². The summed E-state index contributed by atoms with van der Waals surface area (Å²) >= 11 is 0. The quantitative estimate of drug-likeness (QED) is 0.666. The molecule has 2 aromatic rings. The molecule has 0 atom stereocenters. The molecule has 1 amide bonds. The van der Waals surface area contributed by atoms with E-state index >= 15 is 0 Å². The number of hydrogen-bond acceptors (Lipinski definition) is 5. The van der Waals surface area contributed by atoms with E-state index in [0.717, 1.165) is 5.56 Å². The lowest BCUT2D eigenvalue weighted by molar-refractivity contribution is -0.136. The first-order valence-electron chi connectivity index (χ1n) is 7.88. The molecule has 0 saturated carbocycles. The Balaban J connectivity index is 2.01. The van der Waals surface area contributed by atoms with Gasteiger partial charge in [0.15, 0.2) is 0 Å². The third-order valence-corrected chi connectivity index (χ3v) is 3.51. The maximum absolute atomic E-state index is 12.9. The van der Waals surface area contributed by atoms with Crippen LogP contribution >= 0.6 is 0 Å². The van der Waals surface area contributed by atoms with Gasteiger partial charge < -0.3 is 15.7 Å². The molecule has 0 aliphatic heterocycles. The molecule has 0 fully saturated rings. The van der Waals surface area contributed by atoms with Crippen molar-refractivity contribution in [3.05, 3.63) is 59.0 Å². The molecule has 0 aliphatic carbocycles. The van der Waals surface area contributed by atoms with Crippen molar-refractivity contribution in [3.8, 4) is 6.07 Å². The second-order valence-corrected chi connectivity index (χ2v) is 5.43. The zero-order valence-corrected chi connectivity index (χ0v) is 13.8. The van der Waals surface area contributed by atoms with Crippen LogP contribution in [0.25, 0.3) is 0 Å². The highest BCUT2D eigenvalue weighted by atomic mass is 19.1. The van der Waals surface area contributed by atoms with Gasteiger partial charge in [0.1, 0.15) is 17.7 Å². The minimum absolute atomic E-state index is 0.101. The smallest absolute Gasteiger partial charge is 0.305 e. The molecule has 1 aromatic carbocycles. The number of benzene rings is 1. The van der Waals surface area contributed by atoms with Gasteiger partial charge in [0.25, 0.3) is 5.91 Å². The monoisotopic (exact) mass is 356 g/mol. The summed E-state index contributed by atoms with van der Waals surface area (Å²) in [5, 5.41) is 23.2. The predicted octanol–water partition coefficient (Wildman–Crippen LogP) is 1.95. The van der Waals surface area contributed by atoms with Crippen LogP contribution in [0.2, 0.25) is 0 Å². The maximum Gasteiger partial charge on any atom is 0.305 e. The third-order valence-electron chi connectivity index (χ3n) is 3.51. The Bertz CT molecular complexity index is 831. The summed E-state index contributed by atoms with van der Waals surface area (Å²) in [5.41, 5.74) is 1.25. The summed E-state index contributed by atoms with van der Waals surface area (Å²) < 4.78 is 12.9. The van der Waals surface area contributed by atoms with Gasteiger partial charge in [-0.25, -0.2) is 9.37 Å². The van der Waals surface area contributed by atoms with Gasteiger partial charge in [0.05, 0.1) is 17.5 Å². The number of rotatable bonds is 8. The number of carbonyl (C=O) groups excluding carboxylic acids is 1. The van der Waals surface area contributed by atoms with Gasteiger partial charge in [-0.3, -0.25) is 9.59 Å². The molecule has 1 aromatic heterocycles. The number of nitrogens with one attached hydrogen (secondary N) is 2. The number of carboxylic acid groups (broad SMARTS) is 1. The molecule has 0 unspecified atom stereocenters. The van der Waals surface area contributed by atoms with Crippen molar-refractivity contribution in [3.63, 3.8) is 0 Å². The number of nitriles is 1. The van der Waals surface area contributed by atoms with Crippen molar-refractivity contribution < 1.29 is 19.1 Å². The van der Waals surface area contributed by atoms with Gasteiger partial charge in [-0.05, 0) is 30.2 Å². The van der Waals surface area contributed by atoms with Crippen LogP contribution in [0.5, 0.6) is 0 Å². The molecule has 1 heterocycles. The third kappa shape index (κ3) is 5.56. The van der Waals surface area contributed by atoms with Gasteiger partial charge in [-0.2, -0.15) is 5.26 Å². The average molecular weight is 356 g/mol. The molecule has 26 heavy (non-hydrogen) atoms. The second kappa shape index (κ2) is 9.13. The summed E-state index contributed by atoms with van der Waals surface area (Å²) in [6.07, 6.45) is 1.69. The number of anilines is 1. The molecular formula is C18H17FN4O3. The van der Waals surface area contributed by atoms with Crippen LogP contribution < -0.4 is 10.6 Å². The molecule has 0 aliphatic rings. The van der Waals surface area contributed by atoms with Crippen LogP contribution in [0, 0.1) is 17.1 Å². The fourth-order valence-electron chi connectivity index (χ4n) is 2.19. The van der Waals surface area contributed by atoms with Crippen molar-refractivity contribution in [2.45, 2.75) is 12.8 Å². The SMILES string of the molecule is N#Cc1cnc(NCCC(=O)O)c(C(=O)NCCc2ccc(F)cc2)c1. The number of hydrogen-bond donors (Lipinski definition) is 3. The number of carbonyl (C=O) groups is 2. The number of pyridine rings is 1. The van der Waals surface area contributed by atoms with Crippen LogP contribution in [0.3, 0.4) is 0 Å². The molecule has 3 N–H and O–H groups in total. The van der Waals surface area contributed by atoms with E-state index in [1.165, 1.54) is 24.4 Å². The van der Waals surface area contributed by atoms with Gasteiger partial charge in [0, 0.05) is 19.3 Å². The van der Waals surface area contributed by atoms with Crippen molar-refractivity contribution in [2.24, 2.45) is 0 Å². The highest BCUT2D eigenvalue weighted by Crippen LogP contribution is 2.14. The highest BCUT2D eigenvalue weighted by Gasteiger charge is 2.14. The highest BCUT2D eigenvalue weighted by molar-refractivity contribution is 5.99.